The lowest BCUT2D eigenvalue weighted by Gasteiger charge is -2.03. The van der Waals surface area contributed by atoms with Crippen molar-refractivity contribution in [2.24, 2.45) is 0 Å². The van der Waals surface area contributed by atoms with Crippen LogP contribution in [0, 0.1) is 11.6 Å². The first-order valence-corrected chi connectivity index (χ1v) is 7.11. The maximum Gasteiger partial charge on any atom is 0.231 e. The van der Waals surface area contributed by atoms with Crippen LogP contribution in [-0.2, 0) is 0 Å². The molecule has 0 aliphatic carbocycles. The molecule has 0 atom stereocenters. The average Bonchev–Trinajstić information content (AvgIpc) is 2.91. The zero-order valence-corrected chi connectivity index (χ0v) is 12.7. The summed E-state index contributed by atoms with van der Waals surface area (Å²) in [6.07, 6.45) is 2.57. The van der Waals surface area contributed by atoms with E-state index >= 15 is 0 Å². The van der Waals surface area contributed by atoms with Crippen molar-refractivity contribution in [3.8, 4) is 11.5 Å². The molecule has 112 valence electrons. The number of allylic oxidation sites excluding steroid dienone is 1. The normalized spacial score (nSPS) is 12.9. The number of carbonyl (C=O) groups is 1. The molecule has 0 N–H and O–H groups in total. The van der Waals surface area contributed by atoms with Crippen LogP contribution in [0.1, 0.15) is 15.9 Å². The SMILES string of the molecule is O=C(/C=C/c1cc2c(cc1Br)OCO2)c1c(F)cccc1F. The number of fused-ring (bicyclic) bond motifs is 1. The number of benzene rings is 2. The lowest BCUT2D eigenvalue weighted by Crippen LogP contribution is -2.02. The molecule has 22 heavy (non-hydrogen) atoms. The van der Waals surface area contributed by atoms with Crippen molar-refractivity contribution in [2.45, 2.75) is 0 Å². The molecule has 3 rings (SSSR count). The summed E-state index contributed by atoms with van der Waals surface area (Å²) in [6.45, 7) is 0.133. The minimum Gasteiger partial charge on any atom is -0.454 e. The lowest BCUT2D eigenvalue weighted by atomic mass is 10.1. The molecule has 0 amide bonds. The van der Waals surface area contributed by atoms with Gasteiger partial charge in [-0.05, 0) is 42.0 Å². The average molecular weight is 367 g/mol. The van der Waals surface area contributed by atoms with Crippen molar-refractivity contribution in [1.82, 2.24) is 0 Å². The van der Waals surface area contributed by atoms with Gasteiger partial charge in [-0.2, -0.15) is 0 Å². The number of ether oxygens (including phenoxy) is 2. The van der Waals surface area contributed by atoms with Crippen molar-refractivity contribution in [3.05, 3.63) is 63.6 Å². The van der Waals surface area contributed by atoms with E-state index in [1.165, 1.54) is 12.1 Å². The Bertz CT molecular complexity index is 767. The van der Waals surface area contributed by atoms with E-state index in [4.69, 9.17) is 9.47 Å². The van der Waals surface area contributed by atoms with Gasteiger partial charge >= 0.3 is 0 Å². The van der Waals surface area contributed by atoms with E-state index in [0.29, 0.717) is 21.5 Å². The van der Waals surface area contributed by atoms with Gasteiger partial charge in [0.15, 0.2) is 17.3 Å². The first kappa shape index (κ1) is 14.7. The van der Waals surface area contributed by atoms with Gasteiger partial charge in [-0.1, -0.05) is 22.0 Å². The van der Waals surface area contributed by atoms with Crippen LogP contribution in [0.4, 0.5) is 8.78 Å². The van der Waals surface area contributed by atoms with Crippen molar-refractivity contribution >= 4 is 27.8 Å². The first-order valence-electron chi connectivity index (χ1n) is 6.32. The molecular weight excluding hydrogens is 358 g/mol. The van der Waals surface area contributed by atoms with E-state index in [2.05, 4.69) is 15.9 Å². The van der Waals surface area contributed by atoms with Gasteiger partial charge in [-0.25, -0.2) is 8.78 Å². The Morgan fingerprint density at radius 2 is 1.77 bits per heavy atom. The maximum atomic E-state index is 13.5. The molecule has 0 aromatic heterocycles. The lowest BCUT2D eigenvalue weighted by molar-refractivity contribution is 0.104. The molecule has 0 bridgehead atoms. The van der Waals surface area contributed by atoms with E-state index in [1.807, 2.05) is 0 Å². The topological polar surface area (TPSA) is 35.5 Å². The molecule has 1 aliphatic rings. The highest BCUT2D eigenvalue weighted by Crippen LogP contribution is 2.37. The molecule has 2 aromatic carbocycles. The molecule has 2 aromatic rings. The summed E-state index contributed by atoms with van der Waals surface area (Å²) in [5, 5.41) is 0. The van der Waals surface area contributed by atoms with Crippen LogP contribution < -0.4 is 9.47 Å². The van der Waals surface area contributed by atoms with E-state index in [1.54, 1.807) is 12.1 Å². The molecule has 1 heterocycles. The van der Waals surface area contributed by atoms with Gasteiger partial charge < -0.3 is 9.47 Å². The van der Waals surface area contributed by atoms with Crippen molar-refractivity contribution in [3.63, 3.8) is 0 Å². The highest BCUT2D eigenvalue weighted by Gasteiger charge is 2.17. The Kier molecular flexibility index (Phi) is 3.94. The minimum absolute atomic E-state index is 0.133. The van der Waals surface area contributed by atoms with Crippen molar-refractivity contribution in [2.75, 3.05) is 6.79 Å². The monoisotopic (exact) mass is 366 g/mol. The number of halogens is 3. The zero-order chi connectivity index (χ0) is 15.7. The zero-order valence-electron chi connectivity index (χ0n) is 11.1. The van der Waals surface area contributed by atoms with Crippen LogP contribution in [0.5, 0.6) is 11.5 Å². The van der Waals surface area contributed by atoms with Crippen LogP contribution in [-0.4, -0.2) is 12.6 Å². The van der Waals surface area contributed by atoms with Gasteiger partial charge in [0.05, 0.1) is 5.56 Å². The molecular formula is C16H9BrF2O3. The molecule has 6 heteroatoms. The van der Waals surface area contributed by atoms with Crippen molar-refractivity contribution < 1.29 is 23.0 Å². The molecule has 0 spiro atoms. The van der Waals surface area contributed by atoms with Gasteiger partial charge in [0.2, 0.25) is 6.79 Å². The van der Waals surface area contributed by atoms with E-state index < -0.39 is 23.0 Å². The quantitative estimate of drug-likeness (QED) is 0.598. The Hall–Kier alpha value is -2.21. The van der Waals surface area contributed by atoms with Crippen LogP contribution in [0.25, 0.3) is 6.08 Å². The van der Waals surface area contributed by atoms with Crippen molar-refractivity contribution in [1.29, 1.82) is 0 Å². The summed E-state index contributed by atoms with van der Waals surface area (Å²) >= 11 is 3.34. The third-order valence-electron chi connectivity index (χ3n) is 3.12. The van der Waals surface area contributed by atoms with E-state index in [-0.39, 0.29) is 6.79 Å². The second-order valence-electron chi connectivity index (χ2n) is 4.52. The highest BCUT2D eigenvalue weighted by molar-refractivity contribution is 9.10. The molecule has 0 saturated carbocycles. The molecule has 1 aliphatic heterocycles. The predicted octanol–water partition coefficient (Wildman–Crippen LogP) is 4.35. The largest absolute Gasteiger partial charge is 0.454 e. The second-order valence-corrected chi connectivity index (χ2v) is 5.38. The minimum atomic E-state index is -0.889. The number of rotatable bonds is 3. The molecule has 0 unspecified atom stereocenters. The first-order chi connectivity index (χ1) is 10.6. The number of hydrogen-bond acceptors (Lipinski definition) is 3. The fourth-order valence-corrected chi connectivity index (χ4v) is 2.50. The van der Waals surface area contributed by atoms with E-state index in [9.17, 15) is 13.6 Å². The van der Waals surface area contributed by atoms with Crippen LogP contribution in [0.2, 0.25) is 0 Å². The molecule has 3 nitrogen and oxygen atoms in total. The Balaban J connectivity index is 1.90. The number of hydrogen-bond donors (Lipinski definition) is 0. The van der Waals surface area contributed by atoms with Crippen LogP contribution in [0.3, 0.4) is 0 Å². The highest BCUT2D eigenvalue weighted by atomic mass is 79.9. The Labute approximate surface area is 133 Å². The Morgan fingerprint density at radius 3 is 2.45 bits per heavy atom. The van der Waals surface area contributed by atoms with Gasteiger partial charge in [-0.15, -0.1) is 0 Å². The summed E-state index contributed by atoms with van der Waals surface area (Å²) in [5.41, 5.74) is 0.0602. The Morgan fingerprint density at radius 1 is 1.14 bits per heavy atom. The fourth-order valence-electron chi connectivity index (χ4n) is 2.04. The van der Waals surface area contributed by atoms with Crippen LogP contribution >= 0.6 is 15.9 Å². The molecule has 0 saturated heterocycles. The van der Waals surface area contributed by atoms with Gasteiger partial charge in [0.1, 0.15) is 11.6 Å². The summed E-state index contributed by atoms with van der Waals surface area (Å²) in [7, 11) is 0. The van der Waals surface area contributed by atoms with Gasteiger partial charge in [-0.3, -0.25) is 4.79 Å². The van der Waals surface area contributed by atoms with Gasteiger partial charge in [0.25, 0.3) is 0 Å². The van der Waals surface area contributed by atoms with E-state index in [0.717, 1.165) is 18.2 Å². The summed E-state index contributed by atoms with van der Waals surface area (Å²) < 4.78 is 38.2. The van der Waals surface area contributed by atoms with Gasteiger partial charge in [0, 0.05) is 4.47 Å². The maximum absolute atomic E-state index is 13.5. The summed E-state index contributed by atoms with van der Waals surface area (Å²) in [5.74, 6) is -1.39. The second kappa shape index (κ2) is 5.88. The predicted molar refractivity (Wildman–Crippen MR) is 80.0 cm³/mol. The summed E-state index contributed by atoms with van der Waals surface area (Å²) in [4.78, 5) is 12.0. The third-order valence-corrected chi connectivity index (χ3v) is 3.80. The standard InChI is InChI=1S/C16H9BrF2O3/c17-10-7-15-14(21-8-22-15)6-9(10)4-5-13(20)16-11(18)2-1-3-12(16)19/h1-7H,8H2/b5-4+. The fraction of sp³-hybridized carbons (Fsp3) is 0.0625. The molecule has 0 fully saturated rings. The third kappa shape index (κ3) is 2.74. The summed E-state index contributed by atoms with van der Waals surface area (Å²) in [6, 6.07) is 6.67. The number of ketones is 1. The van der Waals surface area contributed by atoms with Crippen LogP contribution in [0.15, 0.2) is 40.9 Å². The molecule has 0 radical (unpaired) electrons. The smallest absolute Gasteiger partial charge is 0.231 e. The number of carbonyl (C=O) groups excluding carboxylic acids is 1.